The van der Waals surface area contributed by atoms with Crippen molar-refractivity contribution in [1.29, 1.82) is 0 Å². The normalized spacial score (nSPS) is 21.0. The van der Waals surface area contributed by atoms with Crippen LogP contribution in [0.2, 0.25) is 0 Å². The molecule has 0 spiro atoms. The van der Waals surface area contributed by atoms with Gasteiger partial charge in [-0.1, -0.05) is 0 Å². The molecule has 66 valence electrons. The van der Waals surface area contributed by atoms with Crippen LogP contribution in [0.3, 0.4) is 0 Å². The zero-order chi connectivity index (χ0) is 7.61. The van der Waals surface area contributed by atoms with Gasteiger partial charge < -0.3 is 11.3 Å². The molecule has 0 aliphatic carbocycles. The van der Waals surface area contributed by atoms with Crippen LogP contribution < -0.4 is 0 Å². The molecule has 0 amide bonds. The van der Waals surface area contributed by atoms with Gasteiger partial charge in [0.1, 0.15) is 0 Å². The fourth-order valence-electron chi connectivity index (χ4n) is 1.42. The number of hydrogen-bond donors (Lipinski definition) is 0. The maximum Gasteiger partial charge on any atom is 0.0122 e. The first-order valence-corrected chi connectivity index (χ1v) is 4.17. The first-order chi connectivity index (χ1) is 4.61. The summed E-state index contributed by atoms with van der Waals surface area (Å²) in [5, 5.41) is 0. The van der Waals surface area contributed by atoms with E-state index >= 15 is 0 Å². The van der Waals surface area contributed by atoms with Crippen molar-refractivity contribution in [3.05, 3.63) is 6.42 Å². The van der Waals surface area contributed by atoms with Crippen molar-refractivity contribution in [3.8, 4) is 0 Å². The van der Waals surface area contributed by atoms with Crippen LogP contribution in [0.1, 0.15) is 33.6 Å². The fraction of sp³-hybridized carbons (Fsp3) is 0.889. The number of hydrogen-bond acceptors (Lipinski definition) is 1. The molecule has 1 heterocycles. The zero-order valence-corrected chi connectivity index (χ0v) is 10.7. The Morgan fingerprint density at radius 1 is 1.09 bits per heavy atom. The van der Waals surface area contributed by atoms with Crippen molar-refractivity contribution in [2.45, 2.75) is 39.2 Å². The summed E-state index contributed by atoms with van der Waals surface area (Å²) in [5.41, 5.74) is 0.383. The third-order valence-electron chi connectivity index (χ3n) is 2.15. The van der Waals surface area contributed by atoms with E-state index in [1.165, 1.54) is 25.9 Å². The van der Waals surface area contributed by atoms with Gasteiger partial charge in [0.15, 0.2) is 0 Å². The Balaban J connectivity index is 0.000001000. The van der Waals surface area contributed by atoms with E-state index in [0.29, 0.717) is 5.54 Å². The largest absolute Gasteiger partial charge is 0.326 e. The van der Waals surface area contributed by atoms with Gasteiger partial charge in [-0.2, -0.15) is 12.8 Å². The predicted molar refractivity (Wildman–Crippen MR) is 44.9 cm³/mol. The van der Waals surface area contributed by atoms with Crippen molar-refractivity contribution in [1.82, 2.24) is 4.90 Å². The van der Waals surface area contributed by atoms with E-state index in [1.807, 2.05) is 0 Å². The molecule has 0 atom stereocenters. The molecule has 11 heavy (non-hydrogen) atoms. The summed E-state index contributed by atoms with van der Waals surface area (Å²) < 4.78 is 0. The Labute approximate surface area is 84.8 Å². The van der Waals surface area contributed by atoms with Crippen LogP contribution >= 0.6 is 0 Å². The number of piperidine rings is 1. The van der Waals surface area contributed by atoms with E-state index in [-0.39, 0.29) is 21.1 Å². The average molecular weight is 324 g/mol. The number of rotatable bonds is 0. The molecule has 1 fully saturated rings. The number of nitrogens with zero attached hydrogens (tertiary/aromatic N) is 1. The summed E-state index contributed by atoms with van der Waals surface area (Å²) in [6, 6.07) is 0. The van der Waals surface area contributed by atoms with Gasteiger partial charge in [-0.3, -0.25) is 0 Å². The summed E-state index contributed by atoms with van der Waals surface area (Å²) in [5.74, 6) is 0. The molecule has 0 bridgehead atoms. The van der Waals surface area contributed by atoms with E-state index in [9.17, 15) is 0 Å². The monoisotopic (exact) mass is 324 g/mol. The Kier molecular flexibility index (Phi) is 4.89. The summed E-state index contributed by atoms with van der Waals surface area (Å²) in [6.45, 7) is 9.38. The smallest absolute Gasteiger partial charge is 0.0122 e. The summed E-state index contributed by atoms with van der Waals surface area (Å²) in [6.07, 6.45) is 4.94. The van der Waals surface area contributed by atoms with Crippen molar-refractivity contribution < 1.29 is 21.1 Å². The molecule has 0 unspecified atom stereocenters. The molecular formula is C9H18NW-. The quantitative estimate of drug-likeness (QED) is 0.617. The third-order valence-corrected chi connectivity index (χ3v) is 2.15. The van der Waals surface area contributed by atoms with E-state index in [4.69, 9.17) is 0 Å². The minimum absolute atomic E-state index is 0. The summed E-state index contributed by atoms with van der Waals surface area (Å²) >= 11 is 0. The number of likely N-dealkylation sites (tertiary alicyclic amines) is 1. The zero-order valence-electron chi connectivity index (χ0n) is 7.76. The molecule has 1 aliphatic heterocycles. The van der Waals surface area contributed by atoms with Crippen molar-refractivity contribution in [3.63, 3.8) is 0 Å². The van der Waals surface area contributed by atoms with Gasteiger partial charge in [0, 0.05) is 26.6 Å². The Morgan fingerprint density at radius 3 is 1.82 bits per heavy atom. The van der Waals surface area contributed by atoms with Gasteiger partial charge in [-0.15, -0.1) is 0 Å². The summed E-state index contributed by atoms with van der Waals surface area (Å²) in [7, 11) is 0. The molecule has 0 radical (unpaired) electrons. The van der Waals surface area contributed by atoms with E-state index in [2.05, 4.69) is 32.1 Å². The van der Waals surface area contributed by atoms with Gasteiger partial charge in [-0.05, 0) is 33.9 Å². The minimum atomic E-state index is 0. The van der Waals surface area contributed by atoms with Gasteiger partial charge in [-0.25, -0.2) is 0 Å². The van der Waals surface area contributed by atoms with Crippen LogP contribution in [-0.2, 0) is 21.1 Å². The van der Waals surface area contributed by atoms with Crippen molar-refractivity contribution >= 4 is 0 Å². The third kappa shape index (κ3) is 3.71. The van der Waals surface area contributed by atoms with Crippen LogP contribution in [0.15, 0.2) is 0 Å². The molecule has 0 aromatic rings. The molecule has 1 rings (SSSR count). The van der Waals surface area contributed by atoms with Crippen LogP contribution in [-0.4, -0.2) is 23.5 Å². The van der Waals surface area contributed by atoms with Crippen LogP contribution in [0.4, 0.5) is 0 Å². The predicted octanol–water partition coefficient (Wildman–Crippen LogP) is 2.08. The molecule has 0 saturated carbocycles. The maximum absolute atomic E-state index is 2.55. The van der Waals surface area contributed by atoms with Crippen molar-refractivity contribution in [2.75, 3.05) is 13.1 Å². The van der Waals surface area contributed by atoms with Crippen LogP contribution in [0, 0.1) is 6.42 Å². The van der Waals surface area contributed by atoms with Gasteiger partial charge >= 0.3 is 0 Å². The first-order valence-electron chi connectivity index (χ1n) is 4.17. The topological polar surface area (TPSA) is 3.24 Å². The van der Waals surface area contributed by atoms with E-state index in [0.717, 1.165) is 0 Å². The second-order valence-electron chi connectivity index (χ2n) is 4.02. The van der Waals surface area contributed by atoms with Gasteiger partial charge in [0.05, 0.1) is 0 Å². The molecule has 1 aliphatic rings. The van der Waals surface area contributed by atoms with E-state index < -0.39 is 0 Å². The molecular weight excluding hydrogens is 306 g/mol. The Morgan fingerprint density at radius 2 is 1.55 bits per heavy atom. The molecule has 1 saturated heterocycles. The molecule has 1 nitrogen and oxygen atoms in total. The second kappa shape index (κ2) is 4.62. The summed E-state index contributed by atoms with van der Waals surface area (Å²) in [4.78, 5) is 2.55. The molecule has 0 N–H and O–H groups in total. The SMILES string of the molecule is CC(C)(C)N1CC[CH-]CC1.[W]. The van der Waals surface area contributed by atoms with Gasteiger partial charge in [0.25, 0.3) is 0 Å². The van der Waals surface area contributed by atoms with Crippen LogP contribution in [0.5, 0.6) is 0 Å². The minimum Gasteiger partial charge on any atom is -0.326 e. The standard InChI is InChI=1S/C9H18N.W/c1-9(2,3)10-7-5-4-6-8-10;/h4H,5-8H2,1-3H3;/q-1;. The fourth-order valence-corrected chi connectivity index (χ4v) is 1.42. The first kappa shape index (κ1) is 11.6. The van der Waals surface area contributed by atoms with Gasteiger partial charge in [0.2, 0.25) is 0 Å². The molecule has 2 heteroatoms. The Hall–Kier alpha value is 0.648. The van der Waals surface area contributed by atoms with Crippen molar-refractivity contribution in [2.24, 2.45) is 0 Å². The maximum atomic E-state index is 2.55. The Bertz CT molecular complexity index is 101. The van der Waals surface area contributed by atoms with E-state index in [1.54, 1.807) is 0 Å². The average Bonchev–Trinajstić information content (AvgIpc) is 1.88. The molecule has 0 aromatic heterocycles. The second-order valence-corrected chi connectivity index (χ2v) is 4.02. The molecule has 0 aromatic carbocycles. The van der Waals surface area contributed by atoms with Crippen LogP contribution in [0.25, 0.3) is 0 Å².